The van der Waals surface area contributed by atoms with Crippen molar-refractivity contribution in [1.82, 2.24) is 19.7 Å². The first-order valence-corrected chi connectivity index (χ1v) is 8.85. The highest BCUT2D eigenvalue weighted by Crippen LogP contribution is 2.47. The maximum atomic E-state index is 12.0. The van der Waals surface area contributed by atoms with E-state index in [2.05, 4.69) is 4.98 Å². The molecular weight excluding hydrogens is 302 g/mol. The molecule has 0 aliphatic heterocycles. The van der Waals surface area contributed by atoms with Gasteiger partial charge < -0.3 is 5.73 Å². The second-order valence-electron chi connectivity index (χ2n) is 7.13. The zero-order chi connectivity index (χ0) is 16.6. The third-order valence-electron chi connectivity index (χ3n) is 5.42. The SMILES string of the molecule is NC(=O)C1(c2nc(-c3ccncc3)nn2CC2CCCCC2)CC1. The molecule has 6 nitrogen and oxygen atoms in total. The van der Waals surface area contributed by atoms with Gasteiger partial charge in [0.05, 0.1) is 0 Å². The second-order valence-corrected chi connectivity index (χ2v) is 7.13. The van der Waals surface area contributed by atoms with Crippen molar-refractivity contribution < 1.29 is 4.79 Å². The highest BCUT2D eigenvalue weighted by molar-refractivity contribution is 5.89. The van der Waals surface area contributed by atoms with Crippen LogP contribution < -0.4 is 5.73 Å². The molecule has 2 aliphatic rings. The molecule has 2 saturated carbocycles. The number of nitrogens with two attached hydrogens (primary N) is 1. The molecule has 2 fully saturated rings. The molecule has 126 valence electrons. The number of amides is 1. The van der Waals surface area contributed by atoms with Crippen molar-refractivity contribution in [1.29, 1.82) is 0 Å². The monoisotopic (exact) mass is 325 g/mol. The van der Waals surface area contributed by atoms with Gasteiger partial charge in [-0.25, -0.2) is 9.67 Å². The van der Waals surface area contributed by atoms with Crippen LogP contribution in [0, 0.1) is 5.92 Å². The lowest BCUT2D eigenvalue weighted by Crippen LogP contribution is -2.32. The Morgan fingerprint density at radius 3 is 2.54 bits per heavy atom. The van der Waals surface area contributed by atoms with Crippen molar-refractivity contribution >= 4 is 5.91 Å². The molecule has 0 radical (unpaired) electrons. The van der Waals surface area contributed by atoms with Crippen LogP contribution in [-0.4, -0.2) is 25.7 Å². The minimum atomic E-state index is -0.604. The van der Waals surface area contributed by atoms with Crippen molar-refractivity contribution in [2.24, 2.45) is 11.7 Å². The van der Waals surface area contributed by atoms with Gasteiger partial charge in [0, 0.05) is 24.5 Å². The van der Waals surface area contributed by atoms with Crippen LogP contribution in [0.15, 0.2) is 24.5 Å². The summed E-state index contributed by atoms with van der Waals surface area (Å²) in [4.78, 5) is 20.8. The van der Waals surface area contributed by atoms with E-state index in [1.807, 2.05) is 16.8 Å². The molecular formula is C18H23N5O. The van der Waals surface area contributed by atoms with Gasteiger partial charge in [0.1, 0.15) is 11.2 Å². The van der Waals surface area contributed by atoms with Crippen LogP contribution in [0.4, 0.5) is 0 Å². The number of hydrogen-bond donors (Lipinski definition) is 1. The zero-order valence-electron chi connectivity index (χ0n) is 13.8. The molecule has 0 spiro atoms. The number of nitrogens with zero attached hydrogens (tertiary/aromatic N) is 4. The van der Waals surface area contributed by atoms with E-state index < -0.39 is 5.41 Å². The van der Waals surface area contributed by atoms with Gasteiger partial charge in [-0.3, -0.25) is 9.78 Å². The largest absolute Gasteiger partial charge is 0.369 e. The van der Waals surface area contributed by atoms with Gasteiger partial charge in [0.25, 0.3) is 0 Å². The highest BCUT2D eigenvalue weighted by atomic mass is 16.1. The lowest BCUT2D eigenvalue weighted by atomic mass is 9.89. The first kappa shape index (κ1) is 15.3. The van der Waals surface area contributed by atoms with Crippen molar-refractivity contribution in [3.8, 4) is 11.4 Å². The number of primary amides is 1. The molecule has 2 aliphatic carbocycles. The Hall–Kier alpha value is -2.24. The Kier molecular flexibility index (Phi) is 3.82. The second kappa shape index (κ2) is 6.00. The lowest BCUT2D eigenvalue weighted by molar-refractivity contribution is -0.120. The number of aromatic nitrogens is 4. The van der Waals surface area contributed by atoms with Crippen LogP contribution >= 0.6 is 0 Å². The summed E-state index contributed by atoms with van der Waals surface area (Å²) in [6.45, 7) is 0.836. The Labute approximate surface area is 141 Å². The lowest BCUT2D eigenvalue weighted by Gasteiger charge is -2.22. The van der Waals surface area contributed by atoms with Crippen LogP contribution in [0.25, 0.3) is 11.4 Å². The summed E-state index contributed by atoms with van der Waals surface area (Å²) in [5.74, 6) is 1.76. The minimum absolute atomic E-state index is 0.277. The van der Waals surface area contributed by atoms with E-state index in [9.17, 15) is 4.79 Å². The van der Waals surface area contributed by atoms with E-state index in [0.29, 0.717) is 11.7 Å². The standard InChI is InChI=1S/C18H23N5O/c19-16(24)18(8-9-18)17-21-15(14-6-10-20-11-7-14)22-23(17)12-13-4-2-1-3-5-13/h6-7,10-11,13H,1-5,8-9,12H2,(H2,19,24). The third kappa shape index (κ3) is 2.70. The van der Waals surface area contributed by atoms with Gasteiger partial charge in [-0.2, -0.15) is 5.10 Å². The number of rotatable bonds is 5. The van der Waals surface area contributed by atoms with E-state index in [1.54, 1.807) is 12.4 Å². The maximum Gasteiger partial charge on any atom is 0.231 e. The molecule has 0 bridgehead atoms. The predicted octanol–water partition coefficient (Wildman–Crippen LogP) is 2.44. The first-order valence-electron chi connectivity index (χ1n) is 8.85. The summed E-state index contributed by atoms with van der Waals surface area (Å²) < 4.78 is 1.96. The molecule has 0 aromatic carbocycles. The Morgan fingerprint density at radius 2 is 1.92 bits per heavy atom. The zero-order valence-corrected chi connectivity index (χ0v) is 13.8. The van der Waals surface area contributed by atoms with Crippen molar-refractivity contribution in [3.05, 3.63) is 30.4 Å². The first-order chi connectivity index (χ1) is 11.7. The average molecular weight is 325 g/mol. The van der Waals surface area contributed by atoms with Crippen LogP contribution in [0.2, 0.25) is 0 Å². The van der Waals surface area contributed by atoms with Crippen LogP contribution in [0.5, 0.6) is 0 Å². The fourth-order valence-electron chi connectivity index (χ4n) is 3.77. The minimum Gasteiger partial charge on any atom is -0.369 e. The van der Waals surface area contributed by atoms with Crippen LogP contribution in [0.3, 0.4) is 0 Å². The maximum absolute atomic E-state index is 12.0. The molecule has 0 saturated heterocycles. The molecule has 2 aromatic rings. The molecule has 2 heterocycles. The van der Waals surface area contributed by atoms with E-state index >= 15 is 0 Å². The van der Waals surface area contributed by atoms with Crippen LogP contribution in [0.1, 0.15) is 50.8 Å². The molecule has 2 aromatic heterocycles. The highest BCUT2D eigenvalue weighted by Gasteiger charge is 2.54. The van der Waals surface area contributed by atoms with Gasteiger partial charge in [0.15, 0.2) is 5.82 Å². The number of hydrogen-bond acceptors (Lipinski definition) is 4. The molecule has 1 amide bonds. The summed E-state index contributed by atoms with van der Waals surface area (Å²) in [5, 5.41) is 4.73. The average Bonchev–Trinajstić information content (AvgIpc) is 3.32. The summed E-state index contributed by atoms with van der Waals surface area (Å²) in [5.41, 5.74) is 6.01. The van der Waals surface area contributed by atoms with E-state index in [-0.39, 0.29) is 5.91 Å². The Balaban J connectivity index is 1.70. The summed E-state index contributed by atoms with van der Waals surface area (Å²) >= 11 is 0. The fraction of sp³-hybridized carbons (Fsp3) is 0.556. The van der Waals surface area contributed by atoms with Gasteiger partial charge in [0.2, 0.25) is 5.91 Å². The van der Waals surface area contributed by atoms with E-state index in [1.165, 1.54) is 32.1 Å². The smallest absolute Gasteiger partial charge is 0.231 e. The summed E-state index contributed by atoms with van der Waals surface area (Å²) in [7, 11) is 0. The van der Waals surface area contributed by atoms with E-state index in [0.717, 1.165) is 30.8 Å². The third-order valence-corrected chi connectivity index (χ3v) is 5.42. The van der Waals surface area contributed by atoms with Gasteiger partial charge >= 0.3 is 0 Å². The number of pyridine rings is 1. The number of carbonyl (C=O) groups excluding carboxylic acids is 1. The quantitative estimate of drug-likeness (QED) is 0.914. The van der Waals surface area contributed by atoms with Crippen molar-refractivity contribution in [2.45, 2.75) is 56.9 Å². The van der Waals surface area contributed by atoms with Gasteiger partial charge in [-0.1, -0.05) is 19.3 Å². The Bertz CT molecular complexity index is 729. The molecule has 6 heteroatoms. The molecule has 0 atom stereocenters. The van der Waals surface area contributed by atoms with Gasteiger partial charge in [-0.05, 0) is 43.7 Å². The van der Waals surface area contributed by atoms with Crippen molar-refractivity contribution in [3.63, 3.8) is 0 Å². The van der Waals surface area contributed by atoms with Gasteiger partial charge in [-0.15, -0.1) is 0 Å². The normalized spacial score (nSPS) is 20.0. The molecule has 24 heavy (non-hydrogen) atoms. The summed E-state index contributed by atoms with van der Waals surface area (Å²) in [6.07, 6.45) is 11.4. The topological polar surface area (TPSA) is 86.7 Å². The van der Waals surface area contributed by atoms with E-state index in [4.69, 9.17) is 15.8 Å². The van der Waals surface area contributed by atoms with Crippen LogP contribution in [-0.2, 0) is 16.8 Å². The Morgan fingerprint density at radius 1 is 1.21 bits per heavy atom. The predicted molar refractivity (Wildman–Crippen MR) is 89.9 cm³/mol. The molecule has 4 rings (SSSR count). The fourth-order valence-corrected chi connectivity index (χ4v) is 3.77. The summed E-state index contributed by atoms with van der Waals surface area (Å²) in [6, 6.07) is 3.79. The molecule has 0 unspecified atom stereocenters. The molecule has 2 N–H and O–H groups in total. The van der Waals surface area contributed by atoms with Crippen molar-refractivity contribution in [2.75, 3.05) is 0 Å². The number of carbonyl (C=O) groups is 1.